The number of carbonyl (C=O) groups is 2. The van der Waals surface area contributed by atoms with Crippen molar-refractivity contribution in [2.75, 3.05) is 43.2 Å². The first-order chi connectivity index (χ1) is 24.2. The topological polar surface area (TPSA) is 98.2 Å². The first-order valence-electron chi connectivity index (χ1n) is 17.9. The number of hydrogen-bond donors (Lipinski definition) is 0. The van der Waals surface area contributed by atoms with Crippen molar-refractivity contribution in [2.45, 2.75) is 69.3 Å². The molecular weight excluding hydrogens is 670 g/mol. The van der Waals surface area contributed by atoms with Crippen LogP contribution in [0.5, 0.6) is 5.75 Å². The molecule has 7 rings (SSSR count). The summed E-state index contributed by atoms with van der Waals surface area (Å²) in [5.74, 6) is 0.693. The zero-order chi connectivity index (χ0) is 34.7. The van der Waals surface area contributed by atoms with Crippen molar-refractivity contribution in [1.29, 1.82) is 0 Å². The highest BCUT2D eigenvalue weighted by Crippen LogP contribution is 2.47. The zero-order valence-corrected chi connectivity index (χ0v) is 30.3. The Kier molecular flexibility index (Phi) is 10.5. The van der Waals surface area contributed by atoms with Gasteiger partial charge in [-0.05, 0) is 116 Å². The van der Waals surface area contributed by atoms with Crippen molar-refractivity contribution >= 4 is 38.7 Å². The molecule has 264 valence electrons. The van der Waals surface area contributed by atoms with E-state index < -0.39 is 15.6 Å². The number of benzene rings is 2. The number of aryl methyl sites for hydroxylation is 2. The number of nitrogens with zero attached hydrogens (tertiary/aromatic N) is 3. The number of allylic oxidation sites excluding steroid dienone is 1. The zero-order valence-electron chi connectivity index (χ0n) is 28.7. The lowest BCUT2D eigenvalue weighted by Gasteiger charge is -2.46. The molecule has 1 spiro atoms. The minimum absolute atomic E-state index is 0.0214. The van der Waals surface area contributed by atoms with Crippen LogP contribution < -0.4 is 9.64 Å². The molecule has 0 unspecified atom stereocenters. The maximum atomic E-state index is 14.4. The van der Waals surface area contributed by atoms with Gasteiger partial charge in [0.25, 0.3) is 5.91 Å². The third-order valence-electron chi connectivity index (χ3n) is 11.1. The van der Waals surface area contributed by atoms with Crippen LogP contribution in [0.25, 0.3) is 0 Å². The van der Waals surface area contributed by atoms with E-state index in [9.17, 15) is 13.8 Å². The summed E-state index contributed by atoms with van der Waals surface area (Å²) >= 11 is 6.45. The number of aromatic nitrogens is 1. The fraction of sp³-hybridized carbons (Fsp3) is 0.475. The van der Waals surface area contributed by atoms with Gasteiger partial charge in [-0.3, -0.25) is 14.6 Å². The van der Waals surface area contributed by atoms with Gasteiger partial charge in [0.2, 0.25) is 0 Å². The van der Waals surface area contributed by atoms with Gasteiger partial charge in [0.1, 0.15) is 11.5 Å². The fourth-order valence-corrected chi connectivity index (χ4v) is 10.5. The Morgan fingerprint density at radius 3 is 2.86 bits per heavy atom. The predicted molar refractivity (Wildman–Crippen MR) is 198 cm³/mol. The minimum Gasteiger partial charge on any atom is -0.490 e. The molecule has 10 heteroatoms. The van der Waals surface area contributed by atoms with Crippen LogP contribution in [0.15, 0.2) is 77.4 Å². The van der Waals surface area contributed by atoms with Crippen molar-refractivity contribution in [3.8, 4) is 5.75 Å². The molecule has 0 saturated heterocycles. The van der Waals surface area contributed by atoms with Crippen LogP contribution in [0.3, 0.4) is 0 Å². The maximum absolute atomic E-state index is 14.4. The number of Topliss-reactive ketones (excluding diaryl/α,β-unsaturated/α-hetero) is 1. The average Bonchev–Trinajstić information content (AvgIpc) is 3.25. The number of anilines is 1. The van der Waals surface area contributed by atoms with E-state index in [2.05, 4.69) is 38.5 Å². The number of pyridine rings is 1. The number of amides is 1. The lowest BCUT2D eigenvalue weighted by Crippen LogP contribution is -2.49. The third-order valence-corrected chi connectivity index (χ3v) is 13.6. The van der Waals surface area contributed by atoms with E-state index in [4.69, 9.17) is 21.1 Å². The van der Waals surface area contributed by atoms with Crippen LogP contribution in [-0.2, 0) is 37.5 Å². The molecule has 1 fully saturated rings. The highest BCUT2D eigenvalue weighted by atomic mass is 35.5. The molecule has 50 heavy (non-hydrogen) atoms. The second kappa shape index (κ2) is 15.0. The second-order valence-corrected chi connectivity index (χ2v) is 17.3. The summed E-state index contributed by atoms with van der Waals surface area (Å²) in [5.41, 5.74) is 4.47. The van der Waals surface area contributed by atoms with E-state index in [0.29, 0.717) is 43.3 Å². The largest absolute Gasteiger partial charge is 0.490 e. The number of fused-ring (bicyclic) bond motifs is 4. The van der Waals surface area contributed by atoms with Crippen LogP contribution in [-0.4, -0.2) is 65.3 Å². The first-order valence-corrected chi connectivity index (χ1v) is 20.1. The summed E-state index contributed by atoms with van der Waals surface area (Å²) in [4.78, 5) is 33.6. The summed E-state index contributed by atoms with van der Waals surface area (Å²) in [6.45, 7) is 2.06. The number of ether oxygens (including phenoxy) is 2. The molecule has 2 aromatic carbocycles. The molecule has 1 saturated carbocycles. The van der Waals surface area contributed by atoms with Gasteiger partial charge in [-0.2, -0.15) is 4.36 Å². The smallest absolute Gasteiger partial charge is 0.285 e. The van der Waals surface area contributed by atoms with E-state index in [1.54, 1.807) is 25.6 Å². The normalized spacial score (nSPS) is 28.6. The molecule has 8 nitrogen and oxygen atoms in total. The quantitative estimate of drug-likeness (QED) is 0.245. The summed E-state index contributed by atoms with van der Waals surface area (Å²) in [6.07, 6.45) is 14.8. The van der Waals surface area contributed by atoms with Gasteiger partial charge in [0.05, 0.1) is 33.9 Å². The molecule has 1 aromatic heterocycles. The van der Waals surface area contributed by atoms with E-state index >= 15 is 0 Å². The van der Waals surface area contributed by atoms with Gasteiger partial charge in [-0.15, -0.1) is 0 Å². The molecule has 2 aliphatic heterocycles. The molecule has 2 bridgehead atoms. The van der Waals surface area contributed by atoms with Gasteiger partial charge >= 0.3 is 0 Å². The van der Waals surface area contributed by atoms with Gasteiger partial charge in [-0.1, -0.05) is 35.9 Å². The first kappa shape index (κ1) is 34.9. The van der Waals surface area contributed by atoms with Crippen LogP contribution in [0.2, 0.25) is 5.02 Å². The number of hydrogen-bond acceptors (Lipinski definition) is 7. The molecular formula is C40H46ClN3O5S. The highest BCUT2D eigenvalue weighted by Gasteiger charge is 2.44. The Hall–Kier alpha value is -3.53. The van der Waals surface area contributed by atoms with E-state index in [1.165, 1.54) is 11.1 Å². The second-order valence-electron chi connectivity index (χ2n) is 14.5. The average molecular weight is 716 g/mol. The van der Waals surface area contributed by atoms with Gasteiger partial charge in [-0.25, -0.2) is 4.21 Å². The third kappa shape index (κ3) is 7.55. The fourth-order valence-electron chi connectivity index (χ4n) is 8.34. The molecule has 3 aromatic rings. The Morgan fingerprint density at radius 2 is 2.06 bits per heavy atom. The van der Waals surface area contributed by atoms with Crippen molar-refractivity contribution < 1.29 is 23.3 Å². The highest BCUT2D eigenvalue weighted by molar-refractivity contribution is 7.94. The van der Waals surface area contributed by atoms with Crippen LogP contribution in [0.1, 0.15) is 72.0 Å². The molecule has 0 N–H and O–H groups in total. The van der Waals surface area contributed by atoms with Crippen LogP contribution >= 0.6 is 11.6 Å². The lowest BCUT2D eigenvalue weighted by molar-refractivity contribution is -0.116. The standard InChI is InChI=1S/C40H46ClN3O5S/c1-48-37-9-3-2-4-20-50(47,25-33(45)14-10-28-7-6-19-42-23-28)43-39(46)30-12-17-38-36(22-30)44(24-31-11-15-34(31)37)26-40(27-49-38)18-5-8-29-21-32(41)13-16-35(29)40/h3,6-7,9,12-13,16-17,19,21-23,31,34,37H,2,4-5,8,10-11,14-15,18,20,24-27H2,1H3/b9-3+/t31-,34+,37-,40-,50+/m0/s1. The Morgan fingerprint density at radius 1 is 1.16 bits per heavy atom. The molecule has 1 amide bonds. The number of methoxy groups -OCH3 is 1. The van der Waals surface area contributed by atoms with Crippen LogP contribution in [0.4, 0.5) is 5.69 Å². The van der Waals surface area contributed by atoms with Gasteiger partial charge in [0.15, 0.2) is 0 Å². The minimum atomic E-state index is -3.16. The Bertz CT molecular complexity index is 1890. The monoisotopic (exact) mass is 715 g/mol. The molecule has 2 aliphatic carbocycles. The van der Waals surface area contributed by atoms with Crippen molar-refractivity contribution in [3.05, 3.63) is 100 Å². The Balaban J connectivity index is 1.24. The van der Waals surface area contributed by atoms with E-state index in [-0.39, 0.29) is 35.2 Å². The molecule has 4 aliphatic rings. The van der Waals surface area contributed by atoms with Crippen molar-refractivity contribution in [1.82, 2.24) is 4.98 Å². The number of halogens is 1. The van der Waals surface area contributed by atoms with E-state index in [1.807, 2.05) is 30.3 Å². The summed E-state index contributed by atoms with van der Waals surface area (Å²) < 4.78 is 31.4. The predicted octanol–water partition coefficient (Wildman–Crippen LogP) is 7.41. The molecule has 0 radical (unpaired) electrons. The summed E-state index contributed by atoms with van der Waals surface area (Å²) in [7, 11) is -1.38. The van der Waals surface area contributed by atoms with Gasteiger partial charge < -0.3 is 14.4 Å². The number of carbonyl (C=O) groups excluding carboxylic acids is 2. The van der Waals surface area contributed by atoms with E-state index in [0.717, 1.165) is 67.2 Å². The molecule has 5 atom stereocenters. The SMILES string of the molecule is CO[C@H]1/C=C/CCC[S@@](=O)(CC(=O)CCc2cccnc2)=NC(=O)c2ccc3c(c2)N(C[C@@H]2CC[C@H]21)C[C@@]1(CCCc2cc(Cl)ccc21)CO3. The number of ketones is 1. The summed E-state index contributed by atoms with van der Waals surface area (Å²) in [6, 6.07) is 15.5. The number of rotatable bonds is 6. The molecule has 3 heterocycles. The van der Waals surface area contributed by atoms with Crippen molar-refractivity contribution in [3.63, 3.8) is 0 Å². The Labute approximate surface area is 300 Å². The summed E-state index contributed by atoms with van der Waals surface area (Å²) in [5, 5.41) is 0.748. The maximum Gasteiger partial charge on any atom is 0.285 e. The van der Waals surface area contributed by atoms with Crippen LogP contribution in [0, 0.1) is 11.8 Å². The van der Waals surface area contributed by atoms with Gasteiger partial charge in [0, 0.05) is 60.8 Å². The lowest BCUT2D eigenvalue weighted by atomic mass is 9.68. The van der Waals surface area contributed by atoms with Crippen molar-refractivity contribution in [2.24, 2.45) is 16.2 Å².